The maximum Gasteiger partial charge on any atom is 0.243 e. The number of hydrogen-bond acceptors (Lipinski definition) is 3. The fraction of sp³-hybridized carbons (Fsp3) is 0.429. The number of benzene rings is 1. The molecule has 0 aliphatic heterocycles. The standard InChI is InChI=1S/C14H20BrNO3S/c1-5-16(8-10(2)3)20(18,19)14-7-12(9-17)6-13(15)11(14)4/h6-7,17H,2,5,8-9H2,1,3-4H3. The number of halogens is 1. The van der Waals surface area contributed by atoms with Gasteiger partial charge in [0.2, 0.25) is 10.0 Å². The van der Waals surface area contributed by atoms with Crippen molar-refractivity contribution in [2.75, 3.05) is 13.1 Å². The molecule has 1 rings (SSSR count). The Morgan fingerprint density at radius 3 is 2.50 bits per heavy atom. The van der Waals surface area contributed by atoms with E-state index in [4.69, 9.17) is 0 Å². The Kier molecular flexibility index (Phi) is 5.94. The van der Waals surface area contributed by atoms with Crippen LogP contribution in [0.2, 0.25) is 0 Å². The number of aliphatic hydroxyl groups excluding tert-OH is 1. The van der Waals surface area contributed by atoms with E-state index in [-0.39, 0.29) is 11.5 Å². The van der Waals surface area contributed by atoms with Crippen LogP contribution in [0, 0.1) is 6.92 Å². The van der Waals surface area contributed by atoms with Crippen molar-refractivity contribution in [1.82, 2.24) is 4.31 Å². The molecule has 1 N–H and O–H groups in total. The smallest absolute Gasteiger partial charge is 0.243 e. The molecule has 0 unspecified atom stereocenters. The van der Waals surface area contributed by atoms with Crippen molar-refractivity contribution in [2.24, 2.45) is 0 Å². The summed E-state index contributed by atoms with van der Waals surface area (Å²) in [6.07, 6.45) is 0. The molecule has 0 saturated heterocycles. The minimum atomic E-state index is -3.60. The fourth-order valence-electron chi connectivity index (χ4n) is 1.87. The van der Waals surface area contributed by atoms with Gasteiger partial charge in [-0.25, -0.2) is 8.42 Å². The highest BCUT2D eigenvalue weighted by Gasteiger charge is 2.26. The molecule has 0 aromatic heterocycles. The number of hydrogen-bond donors (Lipinski definition) is 1. The lowest BCUT2D eigenvalue weighted by molar-refractivity contribution is 0.281. The van der Waals surface area contributed by atoms with E-state index < -0.39 is 10.0 Å². The van der Waals surface area contributed by atoms with Gasteiger partial charge in [-0.2, -0.15) is 4.31 Å². The lowest BCUT2D eigenvalue weighted by Crippen LogP contribution is -2.32. The van der Waals surface area contributed by atoms with Crippen molar-refractivity contribution >= 4 is 26.0 Å². The molecular formula is C14H20BrNO3S. The number of nitrogens with zero attached hydrogens (tertiary/aromatic N) is 1. The van der Waals surface area contributed by atoms with Crippen molar-refractivity contribution < 1.29 is 13.5 Å². The maximum absolute atomic E-state index is 12.7. The second-order valence-corrected chi connectivity index (χ2v) is 7.51. The van der Waals surface area contributed by atoms with E-state index in [1.165, 1.54) is 10.4 Å². The van der Waals surface area contributed by atoms with E-state index in [0.29, 0.717) is 28.7 Å². The molecule has 112 valence electrons. The summed E-state index contributed by atoms with van der Waals surface area (Å²) in [4.78, 5) is 0.221. The monoisotopic (exact) mass is 361 g/mol. The third-order valence-corrected chi connectivity index (χ3v) is 5.83. The summed E-state index contributed by atoms with van der Waals surface area (Å²) in [7, 11) is -3.60. The minimum Gasteiger partial charge on any atom is -0.392 e. The number of likely N-dealkylation sites (N-methyl/N-ethyl adjacent to an activating group) is 1. The molecule has 20 heavy (non-hydrogen) atoms. The minimum absolute atomic E-state index is 0.200. The van der Waals surface area contributed by atoms with E-state index in [9.17, 15) is 13.5 Å². The third-order valence-electron chi connectivity index (χ3n) is 2.96. The number of sulfonamides is 1. The largest absolute Gasteiger partial charge is 0.392 e. The van der Waals surface area contributed by atoms with E-state index >= 15 is 0 Å². The molecule has 1 aromatic rings. The molecule has 0 aliphatic carbocycles. The molecule has 0 amide bonds. The molecule has 0 bridgehead atoms. The molecule has 6 heteroatoms. The maximum atomic E-state index is 12.7. The molecule has 0 aliphatic rings. The predicted molar refractivity (Wildman–Crippen MR) is 84.0 cm³/mol. The highest BCUT2D eigenvalue weighted by molar-refractivity contribution is 9.10. The molecule has 1 aromatic carbocycles. The zero-order chi connectivity index (χ0) is 15.5. The van der Waals surface area contributed by atoms with Gasteiger partial charge in [0.15, 0.2) is 0 Å². The van der Waals surface area contributed by atoms with Gasteiger partial charge in [0.25, 0.3) is 0 Å². The van der Waals surface area contributed by atoms with Crippen LogP contribution in [0.4, 0.5) is 0 Å². The number of aliphatic hydroxyl groups is 1. The Bertz CT molecular complexity index is 611. The topological polar surface area (TPSA) is 57.6 Å². The molecule has 0 radical (unpaired) electrons. The van der Waals surface area contributed by atoms with Gasteiger partial charge in [0.1, 0.15) is 0 Å². The first-order valence-corrected chi connectivity index (χ1v) is 8.51. The molecule has 0 heterocycles. The second kappa shape index (κ2) is 6.85. The predicted octanol–water partition coefficient (Wildman–Crippen LogP) is 2.84. The zero-order valence-electron chi connectivity index (χ0n) is 12.0. The Morgan fingerprint density at radius 1 is 1.45 bits per heavy atom. The van der Waals surface area contributed by atoms with Crippen LogP contribution >= 0.6 is 15.9 Å². The first-order valence-electron chi connectivity index (χ1n) is 6.28. The van der Waals surface area contributed by atoms with E-state index in [1.807, 2.05) is 0 Å². The lowest BCUT2D eigenvalue weighted by atomic mass is 10.2. The van der Waals surface area contributed by atoms with Crippen molar-refractivity contribution in [3.63, 3.8) is 0 Å². The Hall–Kier alpha value is -0.690. The van der Waals surface area contributed by atoms with Crippen LogP contribution < -0.4 is 0 Å². The van der Waals surface area contributed by atoms with Gasteiger partial charge in [-0.05, 0) is 37.1 Å². The lowest BCUT2D eigenvalue weighted by Gasteiger charge is -2.22. The second-order valence-electron chi connectivity index (χ2n) is 4.75. The van der Waals surface area contributed by atoms with Crippen LogP contribution in [0.1, 0.15) is 25.0 Å². The van der Waals surface area contributed by atoms with Gasteiger partial charge in [-0.15, -0.1) is 0 Å². The summed E-state index contributed by atoms with van der Waals surface area (Å²) < 4.78 is 27.5. The SMILES string of the molecule is C=C(C)CN(CC)S(=O)(=O)c1cc(CO)cc(Br)c1C. The number of rotatable bonds is 6. The average Bonchev–Trinajstić information content (AvgIpc) is 2.38. The normalized spacial score (nSPS) is 11.9. The Labute approximate surface area is 129 Å². The molecule has 0 spiro atoms. The highest BCUT2D eigenvalue weighted by atomic mass is 79.9. The van der Waals surface area contributed by atoms with Crippen LogP contribution in [0.3, 0.4) is 0 Å². The van der Waals surface area contributed by atoms with Gasteiger partial charge in [0.05, 0.1) is 11.5 Å². The van der Waals surface area contributed by atoms with Crippen molar-refractivity contribution in [1.29, 1.82) is 0 Å². The zero-order valence-corrected chi connectivity index (χ0v) is 14.4. The van der Waals surface area contributed by atoms with Crippen LogP contribution in [0.5, 0.6) is 0 Å². The molecule has 0 atom stereocenters. The quantitative estimate of drug-likeness (QED) is 0.792. The Morgan fingerprint density at radius 2 is 2.05 bits per heavy atom. The van der Waals surface area contributed by atoms with Crippen LogP contribution in [-0.2, 0) is 16.6 Å². The first-order chi connectivity index (χ1) is 9.23. The van der Waals surface area contributed by atoms with Crippen molar-refractivity contribution in [2.45, 2.75) is 32.3 Å². The summed E-state index contributed by atoms with van der Waals surface area (Å²) in [5, 5.41) is 9.24. The van der Waals surface area contributed by atoms with Gasteiger partial charge < -0.3 is 5.11 Å². The summed E-state index contributed by atoms with van der Waals surface area (Å²) in [6, 6.07) is 3.25. The molecule has 0 fully saturated rings. The summed E-state index contributed by atoms with van der Waals surface area (Å²) in [5.41, 5.74) is 1.99. The van der Waals surface area contributed by atoms with Crippen LogP contribution in [0.15, 0.2) is 33.7 Å². The van der Waals surface area contributed by atoms with Gasteiger partial charge >= 0.3 is 0 Å². The molecule has 0 saturated carbocycles. The van der Waals surface area contributed by atoms with E-state index in [1.54, 1.807) is 26.8 Å². The fourth-order valence-corrected chi connectivity index (χ4v) is 4.32. The average molecular weight is 362 g/mol. The van der Waals surface area contributed by atoms with Crippen LogP contribution in [-0.4, -0.2) is 30.9 Å². The summed E-state index contributed by atoms with van der Waals surface area (Å²) >= 11 is 3.34. The van der Waals surface area contributed by atoms with E-state index in [0.717, 1.165) is 5.57 Å². The van der Waals surface area contributed by atoms with Crippen molar-refractivity contribution in [3.05, 3.63) is 39.9 Å². The van der Waals surface area contributed by atoms with Crippen molar-refractivity contribution in [3.8, 4) is 0 Å². The van der Waals surface area contributed by atoms with Gasteiger partial charge in [-0.1, -0.05) is 35.0 Å². The molecule has 4 nitrogen and oxygen atoms in total. The van der Waals surface area contributed by atoms with Gasteiger partial charge in [0, 0.05) is 17.6 Å². The first kappa shape index (κ1) is 17.4. The Balaban J connectivity index is 3.40. The highest BCUT2D eigenvalue weighted by Crippen LogP contribution is 2.28. The third kappa shape index (κ3) is 3.69. The summed E-state index contributed by atoms with van der Waals surface area (Å²) in [5.74, 6) is 0. The van der Waals surface area contributed by atoms with Crippen LogP contribution in [0.25, 0.3) is 0 Å². The summed E-state index contributed by atoms with van der Waals surface area (Å²) in [6.45, 7) is 9.56. The molecular weight excluding hydrogens is 342 g/mol. The van der Waals surface area contributed by atoms with Gasteiger partial charge in [-0.3, -0.25) is 0 Å². The van der Waals surface area contributed by atoms with E-state index in [2.05, 4.69) is 22.5 Å².